The standard InChI is InChI=1S/C14H18N2O2/c1-2-18-11-9-14(17)13-8-10-15-16(13)12-6-4-3-5-7-12/h3-8,10,14,17H,2,9,11H2,1H3. The molecule has 4 heteroatoms. The first-order valence-electron chi connectivity index (χ1n) is 6.18. The minimum absolute atomic E-state index is 0.553. The Balaban J connectivity index is 2.12. The molecule has 0 amide bonds. The third-order valence-corrected chi connectivity index (χ3v) is 2.75. The van der Waals surface area contributed by atoms with Crippen LogP contribution in [0.2, 0.25) is 0 Å². The van der Waals surface area contributed by atoms with E-state index in [-0.39, 0.29) is 0 Å². The smallest absolute Gasteiger partial charge is 0.0983 e. The van der Waals surface area contributed by atoms with Gasteiger partial charge < -0.3 is 9.84 Å². The van der Waals surface area contributed by atoms with Crippen molar-refractivity contribution in [3.8, 4) is 5.69 Å². The highest BCUT2D eigenvalue weighted by molar-refractivity contribution is 5.32. The Morgan fingerprint density at radius 3 is 2.78 bits per heavy atom. The first-order valence-corrected chi connectivity index (χ1v) is 6.18. The largest absolute Gasteiger partial charge is 0.387 e. The minimum atomic E-state index is -0.556. The number of ether oxygens (including phenoxy) is 1. The number of hydrogen-bond acceptors (Lipinski definition) is 3. The summed E-state index contributed by atoms with van der Waals surface area (Å²) in [6.07, 6.45) is 1.72. The molecule has 18 heavy (non-hydrogen) atoms. The number of benzene rings is 1. The Labute approximate surface area is 107 Å². The molecule has 96 valence electrons. The first-order chi connectivity index (χ1) is 8.83. The van der Waals surface area contributed by atoms with E-state index >= 15 is 0 Å². The predicted molar refractivity (Wildman–Crippen MR) is 69.6 cm³/mol. The summed E-state index contributed by atoms with van der Waals surface area (Å²) in [7, 11) is 0. The van der Waals surface area contributed by atoms with Crippen molar-refractivity contribution in [1.29, 1.82) is 0 Å². The summed E-state index contributed by atoms with van der Waals surface area (Å²) >= 11 is 0. The average molecular weight is 246 g/mol. The lowest BCUT2D eigenvalue weighted by molar-refractivity contribution is 0.0854. The molecule has 0 fully saturated rings. The van der Waals surface area contributed by atoms with E-state index in [2.05, 4.69) is 5.10 Å². The van der Waals surface area contributed by atoms with E-state index in [9.17, 15) is 5.11 Å². The summed E-state index contributed by atoms with van der Waals surface area (Å²) < 4.78 is 7.02. The number of hydrogen-bond donors (Lipinski definition) is 1. The van der Waals surface area contributed by atoms with Gasteiger partial charge in [-0.15, -0.1) is 0 Å². The summed E-state index contributed by atoms with van der Waals surface area (Å²) in [6, 6.07) is 11.6. The van der Waals surface area contributed by atoms with Crippen molar-refractivity contribution in [1.82, 2.24) is 9.78 Å². The Morgan fingerprint density at radius 1 is 1.28 bits per heavy atom. The van der Waals surface area contributed by atoms with Gasteiger partial charge in [0.2, 0.25) is 0 Å². The highest BCUT2D eigenvalue weighted by atomic mass is 16.5. The van der Waals surface area contributed by atoms with Crippen LogP contribution in [0, 0.1) is 0 Å². The molecule has 1 atom stereocenters. The summed E-state index contributed by atoms with van der Waals surface area (Å²) in [5.41, 5.74) is 1.74. The van der Waals surface area contributed by atoms with Crippen LogP contribution in [-0.2, 0) is 4.74 Å². The van der Waals surface area contributed by atoms with Crippen molar-refractivity contribution in [3.05, 3.63) is 48.3 Å². The number of rotatable bonds is 6. The average Bonchev–Trinajstić information content (AvgIpc) is 2.89. The van der Waals surface area contributed by atoms with Crippen molar-refractivity contribution >= 4 is 0 Å². The van der Waals surface area contributed by atoms with Crippen LogP contribution in [0.15, 0.2) is 42.6 Å². The molecule has 1 heterocycles. The lowest BCUT2D eigenvalue weighted by Crippen LogP contribution is -2.09. The van der Waals surface area contributed by atoms with E-state index in [1.54, 1.807) is 10.9 Å². The maximum atomic E-state index is 10.1. The zero-order valence-electron chi connectivity index (χ0n) is 10.5. The fraction of sp³-hybridized carbons (Fsp3) is 0.357. The topological polar surface area (TPSA) is 47.3 Å². The summed E-state index contributed by atoms with van der Waals surface area (Å²) in [5.74, 6) is 0. The normalized spacial score (nSPS) is 12.6. The molecule has 2 rings (SSSR count). The number of para-hydroxylation sites is 1. The molecule has 1 unspecified atom stereocenters. The van der Waals surface area contributed by atoms with Crippen molar-refractivity contribution in [3.63, 3.8) is 0 Å². The molecule has 0 aliphatic rings. The molecule has 0 bridgehead atoms. The van der Waals surface area contributed by atoms with Gasteiger partial charge in [-0.25, -0.2) is 4.68 Å². The summed E-state index contributed by atoms with van der Waals surface area (Å²) in [4.78, 5) is 0. The summed E-state index contributed by atoms with van der Waals surface area (Å²) in [6.45, 7) is 3.17. The number of nitrogens with zero attached hydrogens (tertiary/aromatic N) is 2. The molecule has 0 aliphatic heterocycles. The molecule has 0 spiro atoms. The van der Waals surface area contributed by atoms with Gasteiger partial charge in [-0.1, -0.05) is 18.2 Å². The van der Waals surface area contributed by atoms with Crippen LogP contribution in [0.5, 0.6) is 0 Å². The molecule has 0 radical (unpaired) electrons. The van der Waals surface area contributed by atoms with Gasteiger partial charge in [0.15, 0.2) is 0 Å². The van der Waals surface area contributed by atoms with Crippen LogP contribution < -0.4 is 0 Å². The molecule has 1 aromatic heterocycles. The zero-order valence-corrected chi connectivity index (χ0v) is 10.5. The van der Waals surface area contributed by atoms with Crippen LogP contribution in [-0.4, -0.2) is 28.1 Å². The van der Waals surface area contributed by atoms with Crippen LogP contribution in [0.1, 0.15) is 25.1 Å². The van der Waals surface area contributed by atoms with E-state index in [1.165, 1.54) is 0 Å². The van der Waals surface area contributed by atoms with Crippen LogP contribution in [0.3, 0.4) is 0 Å². The molecule has 1 N–H and O–H groups in total. The highest BCUT2D eigenvalue weighted by Gasteiger charge is 2.13. The number of aliphatic hydroxyl groups excluding tert-OH is 1. The molecule has 0 saturated heterocycles. The van der Waals surface area contributed by atoms with E-state index < -0.39 is 6.10 Å². The second-order valence-corrected chi connectivity index (χ2v) is 4.00. The Bertz CT molecular complexity index is 468. The van der Waals surface area contributed by atoms with Crippen molar-refractivity contribution in [2.45, 2.75) is 19.4 Å². The third-order valence-electron chi connectivity index (χ3n) is 2.75. The van der Waals surface area contributed by atoms with Gasteiger partial charge in [-0.05, 0) is 25.1 Å². The van der Waals surface area contributed by atoms with Crippen LogP contribution in [0.4, 0.5) is 0 Å². The van der Waals surface area contributed by atoms with Crippen LogP contribution in [0.25, 0.3) is 5.69 Å². The van der Waals surface area contributed by atoms with Gasteiger partial charge in [0, 0.05) is 25.8 Å². The van der Waals surface area contributed by atoms with Crippen molar-refractivity contribution in [2.75, 3.05) is 13.2 Å². The molecule has 0 saturated carbocycles. The molecule has 0 aliphatic carbocycles. The Morgan fingerprint density at radius 2 is 2.06 bits per heavy atom. The molecular weight excluding hydrogens is 228 g/mol. The fourth-order valence-electron chi connectivity index (χ4n) is 1.84. The first kappa shape index (κ1) is 12.8. The fourth-order valence-corrected chi connectivity index (χ4v) is 1.84. The van der Waals surface area contributed by atoms with Crippen LogP contribution >= 0.6 is 0 Å². The third kappa shape index (κ3) is 2.97. The lowest BCUT2D eigenvalue weighted by atomic mass is 10.2. The SMILES string of the molecule is CCOCCC(O)c1ccnn1-c1ccccc1. The van der Waals surface area contributed by atoms with E-state index in [0.29, 0.717) is 19.6 Å². The van der Waals surface area contributed by atoms with E-state index in [1.807, 2.05) is 43.3 Å². The maximum absolute atomic E-state index is 10.1. The lowest BCUT2D eigenvalue weighted by Gasteiger charge is -2.13. The highest BCUT2D eigenvalue weighted by Crippen LogP contribution is 2.19. The Kier molecular flexibility index (Phi) is 4.50. The van der Waals surface area contributed by atoms with E-state index in [4.69, 9.17) is 4.74 Å². The van der Waals surface area contributed by atoms with E-state index in [0.717, 1.165) is 11.4 Å². The van der Waals surface area contributed by atoms with Gasteiger partial charge >= 0.3 is 0 Å². The number of aliphatic hydroxyl groups is 1. The number of aromatic nitrogens is 2. The van der Waals surface area contributed by atoms with Gasteiger partial charge in [-0.2, -0.15) is 5.10 Å². The molecular formula is C14H18N2O2. The second-order valence-electron chi connectivity index (χ2n) is 4.00. The predicted octanol–water partition coefficient (Wildman–Crippen LogP) is 2.33. The van der Waals surface area contributed by atoms with Gasteiger partial charge in [0.1, 0.15) is 0 Å². The maximum Gasteiger partial charge on any atom is 0.0983 e. The van der Waals surface area contributed by atoms with Gasteiger partial charge in [-0.3, -0.25) is 0 Å². The van der Waals surface area contributed by atoms with Gasteiger partial charge in [0.05, 0.1) is 17.5 Å². The van der Waals surface area contributed by atoms with Crippen molar-refractivity contribution < 1.29 is 9.84 Å². The molecule has 4 nitrogen and oxygen atoms in total. The zero-order chi connectivity index (χ0) is 12.8. The van der Waals surface area contributed by atoms with Crippen molar-refractivity contribution in [2.24, 2.45) is 0 Å². The monoisotopic (exact) mass is 246 g/mol. The molecule has 2 aromatic rings. The second kappa shape index (κ2) is 6.33. The minimum Gasteiger partial charge on any atom is -0.387 e. The summed E-state index contributed by atoms with van der Waals surface area (Å²) in [5, 5.41) is 14.4. The quantitative estimate of drug-likeness (QED) is 0.796. The van der Waals surface area contributed by atoms with Gasteiger partial charge in [0.25, 0.3) is 0 Å². The molecule has 1 aromatic carbocycles. The Hall–Kier alpha value is -1.65.